The van der Waals surface area contributed by atoms with Gasteiger partial charge in [-0.15, -0.1) is 0 Å². The van der Waals surface area contributed by atoms with E-state index in [1.54, 1.807) is 12.3 Å². The van der Waals surface area contributed by atoms with Crippen LogP contribution in [0.25, 0.3) is 0 Å². The highest BCUT2D eigenvalue weighted by atomic mass is 16.5. The van der Waals surface area contributed by atoms with Crippen molar-refractivity contribution in [2.24, 2.45) is 10.7 Å². The van der Waals surface area contributed by atoms with Crippen LogP contribution in [0.15, 0.2) is 23.3 Å². The molecule has 1 rings (SSSR count). The molecule has 1 aromatic rings. The highest BCUT2D eigenvalue weighted by molar-refractivity contribution is 5.06. The van der Waals surface area contributed by atoms with Gasteiger partial charge in [0.2, 0.25) is 0 Å². The Bertz CT molecular complexity index is 316. The normalized spacial score (nSPS) is 12.0. The van der Waals surface area contributed by atoms with Gasteiger partial charge in [-0.1, -0.05) is 0 Å². The molecule has 0 aliphatic rings. The maximum Gasteiger partial charge on any atom is 0.163 e. The second-order valence-corrected chi connectivity index (χ2v) is 2.58. The predicted octanol–water partition coefficient (Wildman–Crippen LogP) is -0.107. The first kappa shape index (κ1) is 8.80. The van der Waals surface area contributed by atoms with E-state index < -0.39 is 0 Å². The number of nitrogens with two attached hydrogens (primary N) is 1. The van der Waals surface area contributed by atoms with Gasteiger partial charge < -0.3 is 10.9 Å². The van der Waals surface area contributed by atoms with Gasteiger partial charge in [-0.2, -0.15) is 4.73 Å². The molecule has 0 bridgehead atoms. The summed E-state index contributed by atoms with van der Waals surface area (Å²) in [7, 11) is 0. The van der Waals surface area contributed by atoms with E-state index in [4.69, 9.17) is 5.73 Å². The van der Waals surface area contributed by atoms with Crippen molar-refractivity contribution in [1.82, 2.24) is 4.73 Å². The second kappa shape index (κ2) is 3.92. The van der Waals surface area contributed by atoms with E-state index in [1.807, 2.05) is 13.0 Å². The zero-order chi connectivity index (χ0) is 8.97. The minimum Gasteiger partial charge on any atom is -0.427 e. The zero-order valence-corrected chi connectivity index (χ0v) is 7.07. The van der Waals surface area contributed by atoms with Crippen molar-refractivity contribution in [3.05, 3.63) is 29.4 Å². The molecule has 0 fully saturated rings. The largest absolute Gasteiger partial charge is 0.427 e. The van der Waals surface area contributed by atoms with Gasteiger partial charge in [0.15, 0.2) is 5.49 Å². The molecule has 1 heterocycles. The van der Waals surface area contributed by atoms with Gasteiger partial charge in [-0.25, -0.2) is 0 Å². The first-order valence-corrected chi connectivity index (χ1v) is 3.83. The van der Waals surface area contributed by atoms with Crippen LogP contribution < -0.4 is 11.2 Å². The van der Waals surface area contributed by atoms with Crippen molar-refractivity contribution in [2.75, 3.05) is 13.1 Å². The molecule has 0 aliphatic carbocycles. The quantitative estimate of drug-likeness (QED) is 0.604. The molecular weight excluding hydrogens is 154 g/mol. The van der Waals surface area contributed by atoms with Gasteiger partial charge >= 0.3 is 0 Å². The Kier molecular flexibility index (Phi) is 2.88. The van der Waals surface area contributed by atoms with Gasteiger partial charge in [-0.3, -0.25) is 4.99 Å². The van der Waals surface area contributed by atoms with Crippen LogP contribution >= 0.6 is 0 Å². The van der Waals surface area contributed by atoms with E-state index in [9.17, 15) is 5.21 Å². The highest BCUT2D eigenvalue weighted by Crippen LogP contribution is 1.88. The van der Waals surface area contributed by atoms with Crippen LogP contribution in [-0.2, 0) is 0 Å². The Morgan fingerprint density at radius 1 is 1.67 bits per heavy atom. The number of aromatic nitrogens is 1. The lowest BCUT2D eigenvalue weighted by Gasteiger charge is -1.98. The maximum absolute atomic E-state index is 9.24. The highest BCUT2D eigenvalue weighted by Gasteiger charge is 1.89. The van der Waals surface area contributed by atoms with Crippen molar-refractivity contribution in [3.63, 3.8) is 0 Å². The Hall–Kier alpha value is -1.29. The minimum absolute atomic E-state index is 0.494. The first-order valence-electron chi connectivity index (χ1n) is 3.83. The third-order valence-electron chi connectivity index (χ3n) is 1.47. The fraction of sp³-hybridized carbons (Fsp3) is 0.375. The lowest BCUT2D eigenvalue weighted by atomic mass is 10.3. The lowest BCUT2D eigenvalue weighted by Crippen LogP contribution is -2.20. The topological polar surface area (TPSA) is 63.5 Å². The van der Waals surface area contributed by atoms with Crippen LogP contribution in [0, 0.1) is 6.92 Å². The molecule has 66 valence electrons. The van der Waals surface area contributed by atoms with Gasteiger partial charge in [0.1, 0.15) is 0 Å². The van der Waals surface area contributed by atoms with Crippen molar-refractivity contribution in [3.8, 4) is 0 Å². The summed E-state index contributed by atoms with van der Waals surface area (Å²) in [5.74, 6) is 0. The number of hydrogen-bond donors (Lipinski definition) is 2. The fourth-order valence-corrected chi connectivity index (χ4v) is 0.880. The third-order valence-corrected chi connectivity index (χ3v) is 1.47. The monoisotopic (exact) mass is 167 g/mol. The smallest absolute Gasteiger partial charge is 0.163 e. The van der Waals surface area contributed by atoms with Crippen LogP contribution in [0.1, 0.15) is 5.56 Å². The SMILES string of the molecule is Cc1ccn(O)c(=NCCN)c1. The summed E-state index contributed by atoms with van der Waals surface area (Å²) in [5.41, 5.74) is 6.89. The molecule has 0 saturated heterocycles. The molecule has 0 amide bonds. The molecule has 0 aromatic carbocycles. The molecule has 3 N–H and O–H groups in total. The molecule has 0 aliphatic heterocycles. The summed E-state index contributed by atoms with van der Waals surface area (Å²) >= 11 is 0. The van der Waals surface area contributed by atoms with Crippen LogP contribution in [0.2, 0.25) is 0 Å². The van der Waals surface area contributed by atoms with Gasteiger partial charge in [0, 0.05) is 12.7 Å². The van der Waals surface area contributed by atoms with E-state index in [-0.39, 0.29) is 0 Å². The van der Waals surface area contributed by atoms with Gasteiger partial charge in [0.05, 0.1) is 6.54 Å². The molecule has 0 atom stereocenters. The van der Waals surface area contributed by atoms with Crippen molar-refractivity contribution in [2.45, 2.75) is 6.92 Å². The van der Waals surface area contributed by atoms with Crippen molar-refractivity contribution in [1.29, 1.82) is 0 Å². The summed E-state index contributed by atoms with van der Waals surface area (Å²) in [6, 6.07) is 3.61. The van der Waals surface area contributed by atoms with Crippen LogP contribution in [0.4, 0.5) is 0 Å². The molecule has 0 spiro atoms. The second-order valence-electron chi connectivity index (χ2n) is 2.58. The molecule has 0 radical (unpaired) electrons. The van der Waals surface area contributed by atoms with E-state index in [0.29, 0.717) is 18.6 Å². The minimum atomic E-state index is 0.494. The molecule has 12 heavy (non-hydrogen) atoms. The summed E-state index contributed by atoms with van der Waals surface area (Å²) in [6.07, 6.45) is 1.56. The Morgan fingerprint density at radius 3 is 3.08 bits per heavy atom. The fourth-order valence-electron chi connectivity index (χ4n) is 0.880. The van der Waals surface area contributed by atoms with Crippen LogP contribution in [-0.4, -0.2) is 23.0 Å². The molecule has 0 unspecified atom stereocenters. The molecule has 4 nitrogen and oxygen atoms in total. The number of hydrogen-bond acceptors (Lipinski definition) is 3. The first-order chi connectivity index (χ1) is 5.74. The number of pyridine rings is 1. The molecule has 1 aromatic heterocycles. The average Bonchev–Trinajstić information content (AvgIpc) is 2.07. The van der Waals surface area contributed by atoms with E-state index in [1.165, 1.54) is 0 Å². The Morgan fingerprint density at radius 2 is 2.42 bits per heavy atom. The van der Waals surface area contributed by atoms with Crippen molar-refractivity contribution < 1.29 is 5.21 Å². The predicted molar refractivity (Wildman–Crippen MR) is 45.8 cm³/mol. The summed E-state index contributed by atoms with van der Waals surface area (Å²) in [4.78, 5) is 4.07. The molecule has 0 saturated carbocycles. The number of rotatable bonds is 2. The average molecular weight is 167 g/mol. The third kappa shape index (κ3) is 2.10. The van der Waals surface area contributed by atoms with Crippen LogP contribution in [0.5, 0.6) is 0 Å². The maximum atomic E-state index is 9.24. The van der Waals surface area contributed by atoms with Gasteiger partial charge in [-0.05, 0) is 24.6 Å². The molecule has 4 heteroatoms. The lowest BCUT2D eigenvalue weighted by molar-refractivity contribution is 0.171. The number of aryl methyl sites for hydroxylation is 1. The number of nitrogens with zero attached hydrogens (tertiary/aromatic N) is 2. The van der Waals surface area contributed by atoms with Gasteiger partial charge in [0.25, 0.3) is 0 Å². The zero-order valence-electron chi connectivity index (χ0n) is 7.07. The van der Waals surface area contributed by atoms with E-state index in [2.05, 4.69) is 4.99 Å². The summed E-state index contributed by atoms with van der Waals surface area (Å²) in [6.45, 7) is 2.97. The summed E-state index contributed by atoms with van der Waals surface area (Å²) in [5, 5.41) is 9.24. The molecular formula is C8H13N3O. The standard InChI is InChI=1S/C8H13N3O/c1-7-2-5-11(12)8(6-7)10-4-3-9/h2,5-6,12H,3-4,9H2,1H3. The van der Waals surface area contributed by atoms with Crippen LogP contribution in [0.3, 0.4) is 0 Å². The van der Waals surface area contributed by atoms with E-state index >= 15 is 0 Å². The summed E-state index contributed by atoms with van der Waals surface area (Å²) < 4.78 is 0.989. The van der Waals surface area contributed by atoms with E-state index in [0.717, 1.165) is 10.3 Å². The van der Waals surface area contributed by atoms with Crippen molar-refractivity contribution >= 4 is 0 Å². The Labute approximate surface area is 70.9 Å². The Balaban J connectivity index is 3.05.